The summed E-state index contributed by atoms with van der Waals surface area (Å²) in [5, 5.41) is 2.94. The first-order valence-corrected chi connectivity index (χ1v) is 9.49. The maximum Gasteiger partial charge on any atom is 0.257 e. The summed E-state index contributed by atoms with van der Waals surface area (Å²) in [7, 11) is 1.61. The molecule has 0 aliphatic carbocycles. The van der Waals surface area contributed by atoms with E-state index in [4.69, 9.17) is 20.4 Å². The van der Waals surface area contributed by atoms with Crippen molar-refractivity contribution in [1.29, 1.82) is 0 Å². The van der Waals surface area contributed by atoms with Crippen LogP contribution >= 0.6 is 0 Å². The SMILES string of the molecule is COc1ccc(-n2c(N)c(C(=O)NCC(C)C)c3nc4ccccc4nc32)cc1. The third-order valence-electron chi connectivity index (χ3n) is 4.73. The average Bonchev–Trinajstić information content (AvgIpc) is 3.01. The average molecular weight is 389 g/mol. The van der Waals surface area contributed by atoms with Crippen molar-refractivity contribution in [2.75, 3.05) is 19.4 Å². The van der Waals surface area contributed by atoms with E-state index in [2.05, 4.69) is 5.32 Å². The fraction of sp³-hybridized carbons (Fsp3) is 0.227. The number of fused-ring (bicyclic) bond motifs is 2. The summed E-state index contributed by atoms with van der Waals surface area (Å²) in [5.74, 6) is 1.11. The highest BCUT2D eigenvalue weighted by molar-refractivity contribution is 6.11. The molecular weight excluding hydrogens is 366 g/mol. The maximum absolute atomic E-state index is 13.0. The number of nitrogens with two attached hydrogens (primary N) is 1. The largest absolute Gasteiger partial charge is 0.497 e. The van der Waals surface area contributed by atoms with Crippen LogP contribution in [-0.4, -0.2) is 34.1 Å². The molecule has 4 rings (SSSR count). The second kappa shape index (κ2) is 7.43. The van der Waals surface area contributed by atoms with Gasteiger partial charge < -0.3 is 15.8 Å². The number of rotatable bonds is 5. The summed E-state index contributed by atoms with van der Waals surface area (Å²) in [4.78, 5) is 22.5. The van der Waals surface area contributed by atoms with Crippen LogP contribution < -0.4 is 15.8 Å². The molecule has 0 radical (unpaired) electrons. The van der Waals surface area contributed by atoms with Crippen LogP contribution in [0.4, 0.5) is 5.82 Å². The van der Waals surface area contributed by atoms with E-state index >= 15 is 0 Å². The molecule has 7 heteroatoms. The van der Waals surface area contributed by atoms with Gasteiger partial charge in [0.05, 0.1) is 18.1 Å². The summed E-state index contributed by atoms with van der Waals surface area (Å²) in [6.45, 7) is 4.63. The monoisotopic (exact) mass is 389 g/mol. The molecule has 0 fully saturated rings. The van der Waals surface area contributed by atoms with E-state index in [1.165, 1.54) is 0 Å². The smallest absolute Gasteiger partial charge is 0.257 e. The third-order valence-corrected chi connectivity index (χ3v) is 4.73. The Labute approximate surface area is 168 Å². The van der Waals surface area contributed by atoms with Crippen LogP contribution in [0.15, 0.2) is 48.5 Å². The minimum Gasteiger partial charge on any atom is -0.497 e. The molecule has 7 nitrogen and oxygen atoms in total. The summed E-state index contributed by atoms with van der Waals surface area (Å²) in [6, 6.07) is 15.0. The van der Waals surface area contributed by atoms with E-state index in [9.17, 15) is 4.79 Å². The van der Waals surface area contributed by atoms with Crippen molar-refractivity contribution in [3.8, 4) is 11.4 Å². The first-order chi connectivity index (χ1) is 14.0. The fourth-order valence-corrected chi connectivity index (χ4v) is 3.26. The van der Waals surface area contributed by atoms with Crippen molar-refractivity contribution in [1.82, 2.24) is 19.9 Å². The molecule has 0 spiro atoms. The van der Waals surface area contributed by atoms with Crippen LogP contribution in [0.5, 0.6) is 5.75 Å². The van der Waals surface area contributed by atoms with Crippen LogP contribution in [0.2, 0.25) is 0 Å². The Balaban J connectivity index is 1.97. The van der Waals surface area contributed by atoms with Gasteiger partial charge in [-0.25, -0.2) is 9.97 Å². The number of methoxy groups -OCH3 is 1. The van der Waals surface area contributed by atoms with Crippen molar-refractivity contribution in [2.24, 2.45) is 5.92 Å². The number of carbonyl (C=O) groups is 1. The highest BCUT2D eigenvalue weighted by Gasteiger charge is 2.24. The van der Waals surface area contributed by atoms with Crippen LogP contribution in [0.3, 0.4) is 0 Å². The van der Waals surface area contributed by atoms with Crippen molar-refractivity contribution in [3.63, 3.8) is 0 Å². The minimum atomic E-state index is -0.252. The predicted octanol–water partition coefficient (Wildman–Crippen LogP) is 3.55. The molecule has 0 saturated carbocycles. The van der Waals surface area contributed by atoms with E-state index < -0.39 is 0 Å². The van der Waals surface area contributed by atoms with Gasteiger partial charge >= 0.3 is 0 Å². The van der Waals surface area contributed by atoms with Crippen molar-refractivity contribution >= 4 is 33.9 Å². The number of anilines is 1. The predicted molar refractivity (Wildman–Crippen MR) is 115 cm³/mol. The molecule has 148 valence electrons. The van der Waals surface area contributed by atoms with Gasteiger partial charge in [0.2, 0.25) is 0 Å². The number of hydrogen-bond acceptors (Lipinski definition) is 5. The molecule has 2 aromatic heterocycles. The topological polar surface area (TPSA) is 95.1 Å². The number of hydrogen-bond donors (Lipinski definition) is 2. The molecule has 0 unspecified atom stereocenters. The van der Waals surface area contributed by atoms with Crippen LogP contribution in [0.25, 0.3) is 27.9 Å². The lowest BCUT2D eigenvalue weighted by molar-refractivity contribution is 0.0951. The molecule has 0 bridgehead atoms. The Kier molecular flexibility index (Phi) is 4.80. The maximum atomic E-state index is 13.0. The van der Waals surface area contributed by atoms with E-state index in [0.717, 1.165) is 17.0 Å². The number of ether oxygens (including phenoxy) is 1. The zero-order valence-corrected chi connectivity index (χ0v) is 16.6. The molecule has 0 atom stereocenters. The van der Waals surface area contributed by atoms with Crippen LogP contribution in [0, 0.1) is 5.92 Å². The van der Waals surface area contributed by atoms with E-state index in [-0.39, 0.29) is 5.91 Å². The Morgan fingerprint density at radius 1 is 1.10 bits per heavy atom. The Hall–Kier alpha value is -3.61. The van der Waals surface area contributed by atoms with Crippen LogP contribution in [-0.2, 0) is 0 Å². The number of nitrogens with zero attached hydrogens (tertiary/aromatic N) is 3. The molecule has 3 N–H and O–H groups in total. The number of carbonyl (C=O) groups excluding carboxylic acids is 1. The summed E-state index contributed by atoms with van der Waals surface area (Å²) in [5.41, 5.74) is 10.1. The zero-order chi connectivity index (χ0) is 20.5. The summed E-state index contributed by atoms with van der Waals surface area (Å²) in [6.07, 6.45) is 0. The standard InChI is InChI=1S/C22H23N5O2/c1-13(2)12-24-22(28)18-19-21(26-17-7-5-4-6-16(17)25-19)27(20(18)23)14-8-10-15(29-3)11-9-14/h4-11,13H,12,23H2,1-3H3,(H,24,28). The van der Waals surface area contributed by atoms with Gasteiger partial charge in [-0.3, -0.25) is 9.36 Å². The molecule has 2 heterocycles. The number of para-hydroxylation sites is 2. The van der Waals surface area contributed by atoms with Gasteiger partial charge in [0.25, 0.3) is 5.91 Å². The molecule has 1 amide bonds. The lowest BCUT2D eigenvalue weighted by Crippen LogP contribution is -2.28. The Morgan fingerprint density at radius 2 is 1.76 bits per heavy atom. The summed E-state index contributed by atoms with van der Waals surface area (Å²) >= 11 is 0. The Bertz CT molecular complexity index is 1200. The second-order valence-electron chi connectivity index (χ2n) is 7.28. The molecular formula is C22H23N5O2. The number of nitrogens with one attached hydrogen (secondary N) is 1. The first kappa shape index (κ1) is 18.7. The lowest BCUT2D eigenvalue weighted by Gasteiger charge is -2.09. The van der Waals surface area contributed by atoms with Gasteiger partial charge in [0.1, 0.15) is 22.6 Å². The number of nitrogen functional groups attached to an aromatic ring is 1. The van der Waals surface area contributed by atoms with E-state index in [1.807, 2.05) is 62.4 Å². The van der Waals surface area contributed by atoms with E-state index in [1.54, 1.807) is 11.7 Å². The van der Waals surface area contributed by atoms with Gasteiger partial charge in [-0.05, 0) is 42.3 Å². The van der Waals surface area contributed by atoms with Gasteiger partial charge in [-0.15, -0.1) is 0 Å². The highest BCUT2D eigenvalue weighted by Crippen LogP contribution is 2.31. The number of aromatic nitrogens is 3. The Morgan fingerprint density at radius 3 is 2.38 bits per heavy atom. The number of benzene rings is 2. The lowest BCUT2D eigenvalue weighted by atomic mass is 10.2. The molecule has 0 aliphatic heterocycles. The van der Waals surface area contributed by atoms with Gasteiger partial charge in [0, 0.05) is 12.2 Å². The first-order valence-electron chi connectivity index (χ1n) is 9.49. The van der Waals surface area contributed by atoms with Gasteiger partial charge in [-0.2, -0.15) is 0 Å². The third kappa shape index (κ3) is 3.35. The van der Waals surface area contributed by atoms with E-state index in [0.29, 0.717) is 40.5 Å². The second-order valence-corrected chi connectivity index (χ2v) is 7.28. The zero-order valence-electron chi connectivity index (χ0n) is 16.6. The number of amides is 1. The highest BCUT2D eigenvalue weighted by atomic mass is 16.5. The molecule has 0 aliphatic rings. The molecule has 29 heavy (non-hydrogen) atoms. The summed E-state index contributed by atoms with van der Waals surface area (Å²) < 4.78 is 7.01. The fourth-order valence-electron chi connectivity index (χ4n) is 3.26. The normalized spacial score (nSPS) is 11.3. The van der Waals surface area contributed by atoms with Gasteiger partial charge in [-0.1, -0.05) is 26.0 Å². The molecule has 2 aromatic carbocycles. The minimum absolute atomic E-state index is 0.252. The van der Waals surface area contributed by atoms with Crippen molar-refractivity contribution in [3.05, 3.63) is 54.1 Å². The molecule has 4 aromatic rings. The van der Waals surface area contributed by atoms with Crippen LogP contribution in [0.1, 0.15) is 24.2 Å². The van der Waals surface area contributed by atoms with Gasteiger partial charge in [0.15, 0.2) is 5.65 Å². The molecule has 0 saturated heterocycles. The van der Waals surface area contributed by atoms with Crippen molar-refractivity contribution in [2.45, 2.75) is 13.8 Å². The quantitative estimate of drug-likeness (QED) is 0.544. The van der Waals surface area contributed by atoms with Crippen molar-refractivity contribution < 1.29 is 9.53 Å².